The molecule has 0 atom stereocenters. The molecule has 0 saturated heterocycles. The van der Waals surface area contributed by atoms with E-state index >= 15 is 0 Å². The quantitative estimate of drug-likeness (QED) is 0.243. The number of benzene rings is 1. The molecule has 156 valence electrons. The Morgan fingerprint density at radius 3 is 2.40 bits per heavy atom. The molecule has 0 aliphatic heterocycles. The van der Waals surface area contributed by atoms with Crippen LogP contribution in [-0.2, 0) is 4.79 Å². The van der Waals surface area contributed by atoms with Gasteiger partial charge >= 0.3 is 51.4 Å². The second-order valence-electron chi connectivity index (χ2n) is 8.46. The van der Waals surface area contributed by atoms with Crippen LogP contribution >= 0.6 is 0 Å². The molecular weight excluding hydrogens is 397 g/mol. The van der Waals surface area contributed by atoms with Crippen LogP contribution in [0.25, 0.3) is 0 Å². The number of allylic oxidation sites excluding steroid dienone is 9. The second kappa shape index (κ2) is 12.6. The summed E-state index contributed by atoms with van der Waals surface area (Å²) < 4.78 is 0. The Balaban J connectivity index is 0.00000450. The van der Waals surface area contributed by atoms with Crippen LogP contribution in [0.2, 0.25) is 0 Å². The van der Waals surface area contributed by atoms with E-state index in [1.165, 1.54) is 36.0 Å². The van der Waals surface area contributed by atoms with E-state index in [-0.39, 0.29) is 68.5 Å². The van der Waals surface area contributed by atoms with Gasteiger partial charge in [-0.3, -0.25) is 4.79 Å². The number of carbonyl (C=O) groups is 1. The Kier molecular flexibility index (Phi) is 11.3. The molecule has 0 aromatic heterocycles. The average Bonchev–Trinajstić information content (AvgIpc) is 2.62. The Morgan fingerprint density at radius 2 is 1.77 bits per heavy atom. The fourth-order valence-corrected chi connectivity index (χ4v) is 3.61. The molecule has 2 N–H and O–H groups in total. The number of phenolic OH excluding ortho intramolecular Hbond substituents is 1. The summed E-state index contributed by atoms with van der Waals surface area (Å²) in [5.74, 6) is -0.0206. The van der Waals surface area contributed by atoms with Gasteiger partial charge in [0.15, 0.2) is 0 Å². The van der Waals surface area contributed by atoms with E-state index in [0.29, 0.717) is 5.69 Å². The summed E-state index contributed by atoms with van der Waals surface area (Å²) in [4.78, 5) is 12.1. The van der Waals surface area contributed by atoms with E-state index < -0.39 is 0 Å². The van der Waals surface area contributed by atoms with Gasteiger partial charge in [0.25, 0.3) is 0 Å². The van der Waals surface area contributed by atoms with Crippen molar-refractivity contribution in [2.24, 2.45) is 5.41 Å². The van der Waals surface area contributed by atoms with Gasteiger partial charge in [-0.2, -0.15) is 0 Å². The van der Waals surface area contributed by atoms with Crippen molar-refractivity contribution >= 4 is 63.0 Å². The van der Waals surface area contributed by atoms with Gasteiger partial charge in [-0.25, -0.2) is 0 Å². The van der Waals surface area contributed by atoms with Crippen LogP contribution in [0, 0.1) is 5.41 Å². The Morgan fingerprint density at radius 1 is 1.10 bits per heavy atom. The van der Waals surface area contributed by atoms with E-state index in [0.717, 1.165) is 5.57 Å². The molecule has 1 aliphatic rings. The summed E-state index contributed by atoms with van der Waals surface area (Å²) in [6.07, 6.45) is 15.6. The number of nitrogens with one attached hydrogen (secondary N) is 1. The number of aromatic hydroxyl groups is 1. The Bertz CT molecular complexity index is 884. The van der Waals surface area contributed by atoms with Gasteiger partial charge in [-0.05, 0) is 80.9 Å². The minimum atomic E-state index is -0.194. The van der Waals surface area contributed by atoms with E-state index in [1.54, 1.807) is 30.3 Å². The van der Waals surface area contributed by atoms with Crippen molar-refractivity contribution in [3.8, 4) is 5.75 Å². The fraction of sp³-hybridized carbons (Fsp3) is 0.346. The molecule has 1 amide bonds. The molecule has 4 heteroatoms. The normalized spacial score (nSPS) is 17.4. The Labute approximate surface area is 224 Å². The third kappa shape index (κ3) is 8.90. The van der Waals surface area contributed by atoms with Crippen molar-refractivity contribution in [2.75, 3.05) is 5.32 Å². The average molecular weight is 432 g/mol. The summed E-state index contributed by atoms with van der Waals surface area (Å²) in [5.41, 5.74) is 5.89. The Hall–Kier alpha value is -1.17. The number of hydrogen-bond donors (Lipinski definition) is 2. The van der Waals surface area contributed by atoms with Crippen LogP contribution in [-0.4, -0.2) is 62.4 Å². The monoisotopic (exact) mass is 431 g/mol. The van der Waals surface area contributed by atoms with Crippen LogP contribution in [0.1, 0.15) is 53.9 Å². The second-order valence-corrected chi connectivity index (χ2v) is 8.46. The number of phenols is 1. The van der Waals surface area contributed by atoms with Crippen LogP contribution < -0.4 is 5.32 Å². The summed E-state index contributed by atoms with van der Waals surface area (Å²) >= 11 is 0. The zero-order valence-electron chi connectivity index (χ0n) is 18.3. The first-order valence-electron chi connectivity index (χ1n) is 10.2. The van der Waals surface area contributed by atoms with Gasteiger partial charge in [-0.1, -0.05) is 55.4 Å². The number of anilines is 1. The standard InChI is InChI=1S/C26H33NO2.K.H/c1-19(11-16-24-21(3)10-7-17-26(24,4)5)8-6-9-20(2)18-25(29)27-22-12-14-23(28)15-13-22;;/h6,8-9,11-16,18,28H,7,10,17H2,1-5H3,(H,27,29);;/b9-6+,16-11+,19-8+,20-18+;;. The van der Waals surface area contributed by atoms with Crippen molar-refractivity contribution in [2.45, 2.75) is 53.9 Å². The van der Waals surface area contributed by atoms with Crippen molar-refractivity contribution in [1.29, 1.82) is 0 Å². The topological polar surface area (TPSA) is 49.3 Å². The molecule has 0 heterocycles. The van der Waals surface area contributed by atoms with E-state index in [4.69, 9.17) is 0 Å². The molecule has 0 spiro atoms. The van der Waals surface area contributed by atoms with Gasteiger partial charge in [0.1, 0.15) is 5.75 Å². The molecule has 30 heavy (non-hydrogen) atoms. The first kappa shape index (κ1) is 26.9. The fourth-order valence-electron chi connectivity index (χ4n) is 3.61. The molecule has 0 bridgehead atoms. The van der Waals surface area contributed by atoms with Gasteiger partial charge in [-0.15, -0.1) is 0 Å². The van der Waals surface area contributed by atoms with Crippen molar-refractivity contribution in [3.63, 3.8) is 0 Å². The van der Waals surface area contributed by atoms with E-state index in [2.05, 4.69) is 51.2 Å². The van der Waals surface area contributed by atoms with E-state index in [9.17, 15) is 9.90 Å². The van der Waals surface area contributed by atoms with Crippen molar-refractivity contribution in [3.05, 3.63) is 83.0 Å². The predicted octanol–water partition coefficient (Wildman–Crippen LogP) is 6.21. The number of hydrogen-bond acceptors (Lipinski definition) is 2. The van der Waals surface area contributed by atoms with Crippen LogP contribution in [0.3, 0.4) is 0 Å². The van der Waals surface area contributed by atoms with Crippen LogP contribution in [0.4, 0.5) is 5.69 Å². The maximum atomic E-state index is 12.1. The van der Waals surface area contributed by atoms with Gasteiger partial charge in [0, 0.05) is 11.8 Å². The van der Waals surface area contributed by atoms with Crippen LogP contribution in [0.15, 0.2) is 83.0 Å². The minimum absolute atomic E-state index is 0. The molecule has 0 unspecified atom stereocenters. The number of carbonyl (C=O) groups excluding carboxylic acids is 1. The number of rotatable bonds is 6. The van der Waals surface area contributed by atoms with Gasteiger partial charge in [0.05, 0.1) is 0 Å². The summed E-state index contributed by atoms with van der Waals surface area (Å²) in [5, 5.41) is 12.1. The molecule has 2 rings (SSSR count). The molecule has 1 aliphatic carbocycles. The van der Waals surface area contributed by atoms with Crippen molar-refractivity contribution < 1.29 is 9.90 Å². The summed E-state index contributed by atoms with van der Waals surface area (Å²) in [6, 6.07) is 6.41. The molecule has 0 radical (unpaired) electrons. The first-order chi connectivity index (χ1) is 13.7. The first-order valence-corrected chi connectivity index (χ1v) is 10.2. The third-order valence-corrected chi connectivity index (χ3v) is 5.27. The molecule has 1 aromatic carbocycles. The molecular formula is C26H34KNO2. The van der Waals surface area contributed by atoms with Crippen LogP contribution in [0.5, 0.6) is 5.75 Å². The zero-order valence-corrected chi connectivity index (χ0v) is 18.3. The molecule has 0 fully saturated rings. The van der Waals surface area contributed by atoms with Gasteiger partial charge in [0.2, 0.25) is 5.91 Å². The molecule has 0 saturated carbocycles. The summed E-state index contributed by atoms with van der Waals surface area (Å²) in [7, 11) is 0. The van der Waals surface area contributed by atoms with Crippen molar-refractivity contribution in [1.82, 2.24) is 0 Å². The predicted molar refractivity (Wildman–Crippen MR) is 130 cm³/mol. The molecule has 1 aromatic rings. The zero-order chi connectivity index (χ0) is 21.4. The van der Waals surface area contributed by atoms with Gasteiger partial charge < -0.3 is 10.4 Å². The molecule has 3 nitrogen and oxygen atoms in total. The number of amides is 1. The third-order valence-electron chi connectivity index (χ3n) is 5.27. The SMILES string of the molecule is CC1=C(/C=C/C(C)=C/C=C/C(C)=C/C(=O)Nc2ccc(O)cc2)C(C)(C)CCC1.[KH]. The maximum absolute atomic E-state index is 12.1. The summed E-state index contributed by atoms with van der Waals surface area (Å²) in [6.45, 7) is 10.9. The van der Waals surface area contributed by atoms with E-state index in [1.807, 2.05) is 19.1 Å².